The number of carboxylic acids is 1. The van der Waals surface area contributed by atoms with Crippen LogP contribution in [-0.4, -0.2) is 48.2 Å². The van der Waals surface area contributed by atoms with Crippen LogP contribution in [0.25, 0.3) is 6.08 Å². The lowest BCUT2D eigenvalue weighted by atomic mass is 10.1. The maximum Gasteiger partial charge on any atom is 0.341 e. The number of benzene rings is 1. The van der Waals surface area contributed by atoms with E-state index >= 15 is 0 Å². The molecule has 1 aromatic carbocycles. The van der Waals surface area contributed by atoms with Gasteiger partial charge in [0.1, 0.15) is 11.6 Å². The molecule has 0 radical (unpaired) electrons. The summed E-state index contributed by atoms with van der Waals surface area (Å²) in [5.41, 5.74) is 0.409. The number of hydrogen-bond acceptors (Lipinski definition) is 5. The van der Waals surface area contributed by atoms with Gasteiger partial charge in [0.2, 0.25) is 0 Å². The van der Waals surface area contributed by atoms with Crippen LogP contribution < -0.4 is 9.47 Å². The lowest BCUT2D eigenvalue weighted by Crippen LogP contribution is -2.28. The summed E-state index contributed by atoms with van der Waals surface area (Å²) in [7, 11) is 0. The number of hydrogen-bond donors (Lipinski definition) is 1. The SMILES string of the molecule is CCOc1cccc(/C=C(\C#N)C(=O)N2CCCC2)c1OCC(=O)O. The average molecular weight is 344 g/mol. The summed E-state index contributed by atoms with van der Waals surface area (Å²) in [4.78, 5) is 24.9. The minimum atomic E-state index is -1.13. The van der Waals surface area contributed by atoms with Crippen molar-refractivity contribution in [2.24, 2.45) is 0 Å². The van der Waals surface area contributed by atoms with Gasteiger partial charge in [-0.25, -0.2) is 4.79 Å². The van der Waals surface area contributed by atoms with Crippen LogP contribution >= 0.6 is 0 Å². The number of likely N-dealkylation sites (tertiary alicyclic amines) is 1. The van der Waals surface area contributed by atoms with Gasteiger partial charge in [0, 0.05) is 18.7 Å². The Bertz CT molecular complexity index is 715. The minimum Gasteiger partial charge on any atom is -0.490 e. The van der Waals surface area contributed by atoms with Crippen molar-refractivity contribution >= 4 is 18.0 Å². The molecule has 7 heteroatoms. The van der Waals surface area contributed by atoms with Gasteiger partial charge in [-0.15, -0.1) is 0 Å². The fraction of sp³-hybridized carbons (Fsp3) is 0.389. The first-order valence-corrected chi connectivity index (χ1v) is 8.08. The van der Waals surface area contributed by atoms with Crippen molar-refractivity contribution in [1.29, 1.82) is 5.26 Å². The molecule has 1 amide bonds. The van der Waals surface area contributed by atoms with E-state index in [0.717, 1.165) is 12.8 Å². The summed E-state index contributed by atoms with van der Waals surface area (Å²) >= 11 is 0. The van der Waals surface area contributed by atoms with E-state index in [4.69, 9.17) is 14.6 Å². The highest BCUT2D eigenvalue weighted by molar-refractivity contribution is 6.02. The van der Waals surface area contributed by atoms with E-state index < -0.39 is 12.6 Å². The zero-order chi connectivity index (χ0) is 18.2. The molecule has 0 bridgehead atoms. The highest BCUT2D eigenvalue weighted by atomic mass is 16.5. The van der Waals surface area contributed by atoms with Crippen LogP contribution in [0.4, 0.5) is 0 Å². The van der Waals surface area contributed by atoms with Crippen LogP contribution in [-0.2, 0) is 9.59 Å². The van der Waals surface area contributed by atoms with Crippen LogP contribution in [0.2, 0.25) is 0 Å². The van der Waals surface area contributed by atoms with Gasteiger partial charge in [-0.3, -0.25) is 4.79 Å². The predicted molar refractivity (Wildman–Crippen MR) is 90.1 cm³/mol. The highest BCUT2D eigenvalue weighted by Crippen LogP contribution is 2.33. The van der Waals surface area contributed by atoms with Crippen molar-refractivity contribution in [1.82, 2.24) is 4.90 Å². The molecule has 132 valence electrons. The molecule has 25 heavy (non-hydrogen) atoms. The standard InChI is InChI=1S/C18H20N2O5/c1-2-24-15-7-5-6-13(17(15)25-12-16(21)22)10-14(11-19)18(23)20-8-3-4-9-20/h5-7,10H,2-4,8-9,12H2,1H3,(H,21,22)/b14-10+. The van der Waals surface area contributed by atoms with Gasteiger partial charge < -0.3 is 19.5 Å². The predicted octanol–water partition coefficient (Wildman–Crippen LogP) is 2.08. The second-order valence-corrected chi connectivity index (χ2v) is 5.46. The molecule has 1 saturated heterocycles. The number of carboxylic acid groups (broad SMARTS) is 1. The van der Waals surface area contributed by atoms with E-state index in [0.29, 0.717) is 31.0 Å². The maximum absolute atomic E-state index is 12.4. The number of carbonyl (C=O) groups is 2. The Hall–Kier alpha value is -3.01. The summed E-state index contributed by atoms with van der Waals surface area (Å²) in [6.45, 7) is 2.89. The number of nitriles is 1. The Morgan fingerprint density at radius 1 is 1.32 bits per heavy atom. The van der Waals surface area contributed by atoms with E-state index in [9.17, 15) is 14.9 Å². The summed E-state index contributed by atoms with van der Waals surface area (Å²) in [6, 6.07) is 6.91. The minimum absolute atomic E-state index is 0.0178. The van der Waals surface area contributed by atoms with Crippen molar-refractivity contribution in [3.05, 3.63) is 29.3 Å². The van der Waals surface area contributed by atoms with E-state index in [1.54, 1.807) is 30.0 Å². The van der Waals surface area contributed by atoms with Crippen LogP contribution in [0.15, 0.2) is 23.8 Å². The van der Waals surface area contributed by atoms with Crippen LogP contribution in [0.5, 0.6) is 11.5 Å². The molecule has 1 aromatic rings. The van der Waals surface area contributed by atoms with E-state index in [2.05, 4.69) is 0 Å². The fourth-order valence-corrected chi connectivity index (χ4v) is 2.59. The van der Waals surface area contributed by atoms with E-state index in [1.165, 1.54) is 6.08 Å². The van der Waals surface area contributed by atoms with Crippen LogP contribution in [0, 0.1) is 11.3 Å². The smallest absolute Gasteiger partial charge is 0.341 e. The molecule has 0 atom stereocenters. The first-order chi connectivity index (χ1) is 12.1. The Kier molecular flexibility index (Phi) is 6.40. The monoisotopic (exact) mass is 344 g/mol. The number of rotatable bonds is 7. The number of amides is 1. The van der Waals surface area contributed by atoms with E-state index in [1.807, 2.05) is 6.07 Å². The third-order valence-electron chi connectivity index (χ3n) is 3.69. The number of para-hydroxylation sites is 1. The Morgan fingerprint density at radius 2 is 2.04 bits per heavy atom. The van der Waals surface area contributed by atoms with Gasteiger partial charge in [-0.2, -0.15) is 5.26 Å². The molecule has 0 aromatic heterocycles. The molecule has 1 aliphatic heterocycles. The molecule has 1 fully saturated rings. The van der Waals surface area contributed by atoms with Crippen molar-refractivity contribution in [3.8, 4) is 17.6 Å². The zero-order valence-electron chi connectivity index (χ0n) is 14.0. The van der Waals surface area contributed by atoms with Gasteiger partial charge in [0.05, 0.1) is 6.61 Å². The van der Waals surface area contributed by atoms with Gasteiger partial charge in [0.25, 0.3) is 5.91 Å². The molecular weight excluding hydrogens is 324 g/mol. The quantitative estimate of drug-likeness (QED) is 0.600. The molecule has 0 spiro atoms. The first-order valence-electron chi connectivity index (χ1n) is 8.08. The normalized spacial score (nSPS) is 14.1. The molecule has 1 N–H and O–H groups in total. The molecule has 0 unspecified atom stereocenters. The Labute approximate surface area is 146 Å². The van der Waals surface area contributed by atoms with Crippen molar-refractivity contribution in [2.45, 2.75) is 19.8 Å². The lowest BCUT2D eigenvalue weighted by molar-refractivity contribution is -0.139. The first kappa shape index (κ1) is 18.3. The van der Waals surface area contributed by atoms with Gasteiger partial charge in [-0.05, 0) is 31.9 Å². The van der Waals surface area contributed by atoms with Crippen LogP contribution in [0.3, 0.4) is 0 Å². The lowest BCUT2D eigenvalue weighted by Gasteiger charge is -2.16. The molecule has 1 aliphatic rings. The second-order valence-electron chi connectivity index (χ2n) is 5.46. The van der Waals surface area contributed by atoms with E-state index in [-0.39, 0.29) is 17.2 Å². The Morgan fingerprint density at radius 3 is 2.64 bits per heavy atom. The molecule has 0 aliphatic carbocycles. The molecular formula is C18H20N2O5. The van der Waals surface area contributed by atoms with Crippen molar-refractivity contribution in [2.75, 3.05) is 26.3 Å². The summed E-state index contributed by atoms with van der Waals surface area (Å²) in [5, 5.41) is 18.2. The average Bonchev–Trinajstić information content (AvgIpc) is 3.13. The summed E-state index contributed by atoms with van der Waals surface area (Å²) < 4.78 is 10.8. The van der Waals surface area contributed by atoms with Crippen LogP contribution in [0.1, 0.15) is 25.3 Å². The van der Waals surface area contributed by atoms with Gasteiger partial charge in [-0.1, -0.05) is 12.1 Å². The largest absolute Gasteiger partial charge is 0.490 e. The van der Waals surface area contributed by atoms with Crippen molar-refractivity contribution in [3.63, 3.8) is 0 Å². The molecule has 1 heterocycles. The maximum atomic E-state index is 12.4. The fourth-order valence-electron chi connectivity index (χ4n) is 2.59. The van der Waals surface area contributed by atoms with Crippen molar-refractivity contribution < 1.29 is 24.2 Å². The second kappa shape index (κ2) is 8.73. The zero-order valence-corrected chi connectivity index (χ0v) is 14.0. The highest BCUT2D eigenvalue weighted by Gasteiger charge is 2.22. The molecule has 0 saturated carbocycles. The number of aliphatic carboxylic acids is 1. The topological polar surface area (TPSA) is 99.9 Å². The number of nitrogens with zero attached hydrogens (tertiary/aromatic N) is 2. The third-order valence-corrected chi connectivity index (χ3v) is 3.69. The molecule has 7 nitrogen and oxygen atoms in total. The number of carbonyl (C=O) groups excluding carboxylic acids is 1. The third kappa shape index (κ3) is 4.73. The summed E-state index contributed by atoms with van der Waals surface area (Å²) in [5.74, 6) is -0.891. The summed E-state index contributed by atoms with van der Waals surface area (Å²) in [6.07, 6.45) is 3.27. The number of ether oxygens (including phenoxy) is 2. The van der Waals surface area contributed by atoms with Gasteiger partial charge in [0.15, 0.2) is 18.1 Å². The molecule has 2 rings (SSSR count). The Balaban J connectivity index is 2.37. The van der Waals surface area contributed by atoms with Gasteiger partial charge >= 0.3 is 5.97 Å².